The fraction of sp³-hybridized carbons (Fsp3) is 0.333. The molecule has 0 fully saturated rings. The number of para-hydroxylation sites is 2. The minimum Gasteiger partial charge on any atom is -0.365 e. The molecule has 1 unspecified atom stereocenters. The van der Waals surface area contributed by atoms with E-state index in [9.17, 15) is 0 Å². The molecule has 2 nitrogen and oxygen atoms in total. The molecule has 106 valence electrons. The van der Waals surface area contributed by atoms with Crippen LogP contribution in [0.5, 0.6) is 0 Å². The Hall–Kier alpha value is -1.96. The molecule has 0 aromatic heterocycles. The molecule has 0 amide bonds. The molecule has 2 aromatic rings. The molecule has 0 spiro atoms. The molecule has 0 aliphatic rings. The minimum atomic E-state index is 0.319. The second-order valence-corrected chi connectivity index (χ2v) is 5.11. The number of unbranched alkanes of at least 4 members (excludes halogenated alkanes) is 1. The fourth-order valence-electron chi connectivity index (χ4n) is 2.33. The van der Waals surface area contributed by atoms with E-state index in [2.05, 4.69) is 78.8 Å². The second-order valence-electron chi connectivity index (χ2n) is 5.11. The second kappa shape index (κ2) is 7.59. The van der Waals surface area contributed by atoms with Crippen molar-refractivity contribution in [2.24, 2.45) is 0 Å². The Balaban J connectivity index is 2.10. The predicted molar refractivity (Wildman–Crippen MR) is 88.2 cm³/mol. The Labute approximate surface area is 122 Å². The monoisotopic (exact) mass is 268 g/mol. The van der Waals surface area contributed by atoms with Crippen molar-refractivity contribution < 1.29 is 0 Å². The average Bonchev–Trinajstić information content (AvgIpc) is 2.52. The van der Waals surface area contributed by atoms with Crippen LogP contribution in [0.25, 0.3) is 0 Å². The Bertz CT molecular complexity index is 481. The summed E-state index contributed by atoms with van der Waals surface area (Å²) in [6, 6.07) is 21.0. The van der Waals surface area contributed by atoms with Gasteiger partial charge in [0.25, 0.3) is 0 Å². The van der Waals surface area contributed by atoms with E-state index in [-0.39, 0.29) is 0 Å². The molecule has 0 saturated carbocycles. The zero-order chi connectivity index (χ0) is 14.2. The molecule has 2 heteroatoms. The molecule has 2 rings (SSSR count). The maximum absolute atomic E-state index is 3.64. The van der Waals surface area contributed by atoms with E-state index in [0.29, 0.717) is 6.17 Å². The summed E-state index contributed by atoms with van der Waals surface area (Å²) in [5.41, 5.74) is 2.42. The molecular formula is C18H24N2. The zero-order valence-corrected chi connectivity index (χ0v) is 12.4. The van der Waals surface area contributed by atoms with Crippen LogP contribution in [-0.2, 0) is 0 Å². The first kappa shape index (κ1) is 14.4. The number of nitrogens with zero attached hydrogens (tertiary/aromatic N) is 1. The summed E-state index contributed by atoms with van der Waals surface area (Å²) in [6.07, 6.45) is 3.90. The van der Waals surface area contributed by atoms with Gasteiger partial charge in [-0.2, -0.15) is 0 Å². The van der Waals surface area contributed by atoms with Gasteiger partial charge >= 0.3 is 0 Å². The van der Waals surface area contributed by atoms with E-state index in [1.54, 1.807) is 0 Å². The maximum atomic E-state index is 3.64. The quantitative estimate of drug-likeness (QED) is 0.729. The van der Waals surface area contributed by atoms with E-state index in [4.69, 9.17) is 0 Å². The van der Waals surface area contributed by atoms with Gasteiger partial charge in [-0.3, -0.25) is 0 Å². The van der Waals surface area contributed by atoms with Crippen LogP contribution in [0.3, 0.4) is 0 Å². The minimum absolute atomic E-state index is 0.319. The van der Waals surface area contributed by atoms with Gasteiger partial charge in [0.05, 0.1) is 6.17 Å². The van der Waals surface area contributed by atoms with Crippen LogP contribution in [0, 0.1) is 0 Å². The summed E-state index contributed by atoms with van der Waals surface area (Å²) in [5.74, 6) is 0. The number of hydrogen-bond donors (Lipinski definition) is 1. The summed E-state index contributed by atoms with van der Waals surface area (Å²) < 4.78 is 0. The standard InChI is InChI=1S/C18H24N2/c1-3-4-15-18(19-16-11-7-5-8-12-16)20(2)17-13-9-6-10-14-17/h5-14,18-19H,3-4,15H2,1-2H3. The Morgan fingerprint density at radius 3 is 2.15 bits per heavy atom. The van der Waals surface area contributed by atoms with Gasteiger partial charge in [0.15, 0.2) is 0 Å². The highest BCUT2D eigenvalue weighted by molar-refractivity contribution is 5.50. The third-order valence-corrected chi connectivity index (χ3v) is 3.57. The molecule has 0 saturated heterocycles. The molecule has 0 heterocycles. The largest absolute Gasteiger partial charge is 0.365 e. The number of anilines is 2. The van der Waals surface area contributed by atoms with Crippen molar-refractivity contribution in [3.8, 4) is 0 Å². The maximum Gasteiger partial charge on any atom is 0.0986 e. The van der Waals surface area contributed by atoms with E-state index >= 15 is 0 Å². The van der Waals surface area contributed by atoms with Crippen LogP contribution in [0.1, 0.15) is 26.2 Å². The molecular weight excluding hydrogens is 244 g/mol. The molecule has 0 aliphatic carbocycles. The summed E-state index contributed by atoms with van der Waals surface area (Å²) in [7, 11) is 2.16. The van der Waals surface area contributed by atoms with Crippen molar-refractivity contribution >= 4 is 11.4 Å². The van der Waals surface area contributed by atoms with Gasteiger partial charge in [0, 0.05) is 18.4 Å². The van der Waals surface area contributed by atoms with Crippen molar-refractivity contribution in [3.63, 3.8) is 0 Å². The Morgan fingerprint density at radius 1 is 0.950 bits per heavy atom. The molecule has 0 radical (unpaired) electrons. The lowest BCUT2D eigenvalue weighted by Crippen LogP contribution is -2.38. The lowest BCUT2D eigenvalue weighted by atomic mass is 10.1. The molecule has 0 aliphatic heterocycles. The van der Waals surface area contributed by atoms with Gasteiger partial charge in [-0.15, -0.1) is 0 Å². The van der Waals surface area contributed by atoms with Gasteiger partial charge in [-0.05, 0) is 37.1 Å². The number of hydrogen-bond acceptors (Lipinski definition) is 2. The van der Waals surface area contributed by atoms with Gasteiger partial charge in [-0.25, -0.2) is 0 Å². The van der Waals surface area contributed by atoms with E-state index in [0.717, 1.165) is 6.42 Å². The highest BCUT2D eigenvalue weighted by atomic mass is 15.2. The fourth-order valence-corrected chi connectivity index (χ4v) is 2.33. The van der Waals surface area contributed by atoms with Gasteiger partial charge in [-0.1, -0.05) is 49.7 Å². The predicted octanol–water partition coefficient (Wildman–Crippen LogP) is 4.75. The number of nitrogens with one attached hydrogen (secondary N) is 1. The molecule has 20 heavy (non-hydrogen) atoms. The first-order valence-corrected chi connectivity index (χ1v) is 7.40. The topological polar surface area (TPSA) is 15.3 Å². The summed E-state index contributed by atoms with van der Waals surface area (Å²) in [5, 5.41) is 3.64. The van der Waals surface area contributed by atoms with E-state index in [1.807, 2.05) is 6.07 Å². The lowest BCUT2D eigenvalue weighted by molar-refractivity contribution is 0.598. The van der Waals surface area contributed by atoms with Crippen molar-refractivity contribution in [2.45, 2.75) is 32.4 Å². The van der Waals surface area contributed by atoms with Crippen molar-refractivity contribution in [3.05, 3.63) is 60.7 Å². The number of rotatable bonds is 7. The highest BCUT2D eigenvalue weighted by Gasteiger charge is 2.14. The van der Waals surface area contributed by atoms with Crippen LogP contribution in [0.2, 0.25) is 0 Å². The van der Waals surface area contributed by atoms with Crippen molar-refractivity contribution in [1.82, 2.24) is 0 Å². The molecule has 1 atom stereocenters. The zero-order valence-electron chi connectivity index (χ0n) is 12.4. The summed E-state index contributed by atoms with van der Waals surface area (Å²) in [4.78, 5) is 2.32. The lowest BCUT2D eigenvalue weighted by Gasteiger charge is -2.31. The average molecular weight is 268 g/mol. The smallest absolute Gasteiger partial charge is 0.0986 e. The first-order valence-electron chi connectivity index (χ1n) is 7.40. The van der Waals surface area contributed by atoms with E-state index < -0.39 is 0 Å². The number of benzene rings is 2. The SMILES string of the molecule is CCCCC(Nc1ccccc1)N(C)c1ccccc1. The normalized spacial score (nSPS) is 11.9. The van der Waals surface area contributed by atoms with Crippen molar-refractivity contribution in [1.29, 1.82) is 0 Å². The van der Waals surface area contributed by atoms with Crippen LogP contribution in [-0.4, -0.2) is 13.2 Å². The van der Waals surface area contributed by atoms with Crippen LogP contribution >= 0.6 is 0 Å². The van der Waals surface area contributed by atoms with Crippen LogP contribution in [0.4, 0.5) is 11.4 Å². The van der Waals surface area contributed by atoms with Gasteiger partial charge in [0.2, 0.25) is 0 Å². The third kappa shape index (κ3) is 4.02. The van der Waals surface area contributed by atoms with Crippen LogP contribution < -0.4 is 10.2 Å². The van der Waals surface area contributed by atoms with Crippen LogP contribution in [0.15, 0.2) is 60.7 Å². The van der Waals surface area contributed by atoms with Crippen molar-refractivity contribution in [2.75, 3.05) is 17.3 Å². The Kier molecular flexibility index (Phi) is 5.48. The summed E-state index contributed by atoms with van der Waals surface area (Å²) >= 11 is 0. The van der Waals surface area contributed by atoms with E-state index in [1.165, 1.54) is 24.2 Å². The summed E-state index contributed by atoms with van der Waals surface area (Å²) in [6.45, 7) is 2.24. The highest BCUT2D eigenvalue weighted by Crippen LogP contribution is 2.19. The third-order valence-electron chi connectivity index (χ3n) is 3.57. The van der Waals surface area contributed by atoms with Gasteiger partial charge in [0.1, 0.15) is 0 Å². The molecule has 0 bridgehead atoms. The Morgan fingerprint density at radius 2 is 1.55 bits per heavy atom. The first-order chi connectivity index (χ1) is 9.81. The molecule has 1 N–H and O–H groups in total. The van der Waals surface area contributed by atoms with Gasteiger partial charge < -0.3 is 10.2 Å². The molecule has 2 aromatic carbocycles.